The quantitative estimate of drug-likeness (QED) is 0.168. The van der Waals surface area contributed by atoms with Gasteiger partial charge in [0.2, 0.25) is 5.91 Å². The lowest BCUT2D eigenvalue weighted by Crippen LogP contribution is -2.42. The van der Waals surface area contributed by atoms with Gasteiger partial charge in [0.05, 0.1) is 22.3 Å². The van der Waals surface area contributed by atoms with Crippen molar-refractivity contribution in [1.82, 2.24) is 10.3 Å². The van der Waals surface area contributed by atoms with Gasteiger partial charge in [-0.1, -0.05) is 64.5 Å². The number of pyridine rings is 1. The highest BCUT2D eigenvalue weighted by Gasteiger charge is 2.36. The average molecular weight is 731 g/mol. The SMILES string of the molecule is CC(C)(C)OC(=O)c1cc(Br)cc(N2CCC(NC(=O)c3c4c(nc5ccccc35)/C(=C/c3cccc(Oc5ccccc5)c3)CC4)C2=O)c1. The van der Waals surface area contributed by atoms with Gasteiger partial charge in [0.15, 0.2) is 0 Å². The van der Waals surface area contributed by atoms with E-state index in [0.29, 0.717) is 46.2 Å². The van der Waals surface area contributed by atoms with Crippen LogP contribution in [-0.4, -0.2) is 41.0 Å². The molecule has 5 aromatic rings. The molecule has 1 aromatic heterocycles. The van der Waals surface area contributed by atoms with Crippen molar-refractivity contribution in [2.24, 2.45) is 0 Å². The number of fused-ring (bicyclic) bond motifs is 2. The Morgan fingerprint density at radius 1 is 0.920 bits per heavy atom. The molecule has 2 heterocycles. The minimum Gasteiger partial charge on any atom is -0.457 e. The number of carbonyl (C=O) groups is 3. The Labute approximate surface area is 299 Å². The van der Waals surface area contributed by atoms with Crippen molar-refractivity contribution in [3.63, 3.8) is 0 Å². The number of nitrogens with zero attached hydrogens (tertiary/aromatic N) is 2. The number of allylic oxidation sites excluding steroid dienone is 1. The number of hydrogen-bond acceptors (Lipinski definition) is 6. The van der Waals surface area contributed by atoms with E-state index in [2.05, 4.69) is 27.3 Å². The number of halogens is 1. The first kappa shape index (κ1) is 33.2. The van der Waals surface area contributed by atoms with Crippen molar-refractivity contribution < 1.29 is 23.9 Å². The summed E-state index contributed by atoms with van der Waals surface area (Å²) >= 11 is 3.48. The summed E-state index contributed by atoms with van der Waals surface area (Å²) in [4.78, 5) is 47.3. The van der Waals surface area contributed by atoms with E-state index in [4.69, 9.17) is 14.5 Å². The summed E-state index contributed by atoms with van der Waals surface area (Å²) in [6, 6.07) is 29.6. The van der Waals surface area contributed by atoms with Gasteiger partial charge in [-0.2, -0.15) is 0 Å². The van der Waals surface area contributed by atoms with Crippen LogP contribution in [0.1, 0.15) is 71.1 Å². The van der Waals surface area contributed by atoms with Gasteiger partial charge < -0.3 is 19.7 Å². The number of amides is 2. The number of anilines is 1. The lowest BCUT2D eigenvalue weighted by molar-refractivity contribution is -0.118. The highest BCUT2D eigenvalue weighted by atomic mass is 79.9. The maximum absolute atomic E-state index is 14.2. The van der Waals surface area contributed by atoms with Crippen molar-refractivity contribution >= 4 is 62.0 Å². The van der Waals surface area contributed by atoms with Gasteiger partial charge >= 0.3 is 5.97 Å². The first-order valence-corrected chi connectivity index (χ1v) is 17.4. The van der Waals surface area contributed by atoms with Crippen molar-refractivity contribution in [2.75, 3.05) is 11.4 Å². The van der Waals surface area contributed by atoms with Gasteiger partial charge in [0, 0.05) is 22.1 Å². The molecule has 1 atom stereocenters. The van der Waals surface area contributed by atoms with Gasteiger partial charge in [-0.15, -0.1) is 0 Å². The molecule has 50 heavy (non-hydrogen) atoms. The summed E-state index contributed by atoms with van der Waals surface area (Å²) in [5, 5.41) is 3.80. The summed E-state index contributed by atoms with van der Waals surface area (Å²) in [7, 11) is 0. The maximum Gasteiger partial charge on any atom is 0.338 e. The number of rotatable bonds is 7. The zero-order chi connectivity index (χ0) is 35.0. The van der Waals surface area contributed by atoms with E-state index < -0.39 is 17.6 Å². The van der Waals surface area contributed by atoms with Crippen LogP contribution in [0.15, 0.2) is 102 Å². The fourth-order valence-corrected chi connectivity index (χ4v) is 7.00. The number of ether oxygens (including phenoxy) is 2. The standard InChI is InChI=1S/C41H36BrN3O5/c1-41(2,3)50-40(48)27-22-28(42)24-29(23-27)45-19-18-35(39(45)47)44-38(46)36-32-14-7-8-15-34(32)43-37-26(16-17-33(36)37)20-25-10-9-13-31(21-25)49-30-11-5-4-6-12-30/h4-15,20-24,35H,16-19H2,1-3H3,(H,44,46)/b26-20+. The van der Waals surface area contributed by atoms with E-state index in [1.54, 1.807) is 43.9 Å². The molecule has 252 valence electrons. The Hall–Kier alpha value is -5.28. The van der Waals surface area contributed by atoms with Crippen molar-refractivity contribution in [2.45, 2.75) is 51.7 Å². The molecule has 1 aliphatic heterocycles. The van der Waals surface area contributed by atoms with Crippen LogP contribution < -0.4 is 15.0 Å². The minimum absolute atomic E-state index is 0.236. The van der Waals surface area contributed by atoms with Crippen LogP contribution in [0.5, 0.6) is 11.5 Å². The van der Waals surface area contributed by atoms with Gasteiger partial charge in [-0.05, 0) is 111 Å². The first-order chi connectivity index (χ1) is 24.0. The van der Waals surface area contributed by atoms with E-state index >= 15 is 0 Å². The van der Waals surface area contributed by atoms with Crippen molar-refractivity contribution in [3.05, 3.63) is 129 Å². The third kappa shape index (κ3) is 7.05. The number of esters is 1. The fourth-order valence-electron chi connectivity index (χ4n) is 6.52. The number of hydrogen-bond donors (Lipinski definition) is 1. The molecule has 1 aliphatic carbocycles. The van der Waals surface area contributed by atoms with Crippen molar-refractivity contribution in [1.29, 1.82) is 0 Å². The Morgan fingerprint density at radius 3 is 2.48 bits per heavy atom. The molecular formula is C41H36BrN3O5. The molecule has 1 fully saturated rings. The van der Waals surface area contributed by atoms with E-state index in [-0.39, 0.29) is 11.8 Å². The molecule has 9 heteroatoms. The smallest absolute Gasteiger partial charge is 0.338 e. The lowest BCUT2D eigenvalue weighted by Gasteiger charge is -2.21. The zero-order valence-corrected chi connectivity index (χ0v) is 29.6. The molecule has 2 amide bonds. The summed E-state index contributed by atoms with van der Waals surface area (Å²) in [5.74, 6) is 0.479. The van der Waals surface area contributed by atoms with Crippen LogP contribution in [0.3, 0.4) is 0 Å². The molecule has 1 N–H and O–H groups in total. The highest BCUT2D eigenvalue weighted by molar-refractivity contribution is 9.10. The molecule has 1 unspecified atom stereocenters. The van der Waals surface area contributed by atoms with Gasteiger partial charge in [-0.25, -0.2) is 9.78 Å². The van der Waals surface area contributed by atoms with Crippen molar-refractivity contribution in [3.8, 4) is 11.5 Å². The van der Waals surface area contributed by atoms with Crippen LogP contribution in [0.4, 0.5) is 5.69 Å². The maximum atomic E-state index is 14.2. The Balaban J connectivity index is 1.14. The summed E-state index contributed by atoms with van der Waals surface area (Å²) in [6.07, 6.45) is 3.91. The second-order valence-corrected chi connectivity index (χ2v) is 14.4. The molecular weight excluding hydrogens is 694 g/mol. The molecule has 2 aliphatic rings. The number of para-hydroxylation sites is 2. The predicted molar refractivity (Wildman–Crippen MR) is 198 cm³/mol. The second-order valence-electron chi connectivity index (χ2n) is 13.5. The molecule has 0 spiro atoms. The third-order valence-corrected chi connectivity index (χ3v) is 9.14. The average Bonchev–Trinajstić information content (AvgIpc) is 3.65. The van der Waals surface area contributed by atoms with Gasteiger partial charge in [-0.3, -0.25) is 9.59 Å². The number of benzene rings is 4. The first-order valence-electron chi connectivity index (χ1n) is 16.6. The zero-order valence-electron chi connectivity index (χ0n) is 28.0. The Morgan fingerprint density at radius 2 is 1.68 bits per heavy atom. The number of nitrogens with one attached hydrogen (secondary N) is 1. The topological polar surface area (TPSA) is 97.8 Å². The monoisotopic (exact) mass is 729 g/mol. The molecule has 1 saturated heterocycles. The molecule has 4 aromatic carbocycles. The lowest BCUT2D eigenvalue weighted by atomic mass is 9.99. The molecule has 0 saturated carbocycles. The van der Waals surface area contributed by atoms with Crippen LogP contribution >= 0.6 is 15.9 Å². The summed E-state index contributed by atoms with van der Waals surface area (Å²) < 4.78 is 12.3. The van der Waals surface area contributed by atoms with E-state index in [1.165, 1.54) is 0 Å². The van der Waals surface area contributed by atoms with Crippen LogP contribution in [0, 0.1) is 0 Å². The number of aromatic nitrogens is 1. The summed E-state index contributed by atoms with van der Waals surface area (Å²) in [5.41, 5.74) is 5.19. The Kier molecular flexibility index (Phi) is 9.01. The van der Waals surface area contributed by atoms with Crippen LogP contribution in [0.25, 0.3) is 22.6 Å². The van der Waals surface area contributed by atoms with Crippen LogP contribution in [0.2, 0.25) is 0 Å². The molecule has 0 bridgehead atoms. The molecule has 7 rings (SSSR count). The molecule has 8 nitrogen and oxygen atoms in total. The third-order valence-electron chi connectivity index (χ3n) is 8.69. The fraction of sp³-hybridized carbons (Fsp3) is 0.220. The normalized spacial score (nSPS) is 16.5. The minimum atomic E-state index is -0.724. The second kappa shape index (κ2) is 13.6. The van der Waals surface area contributed by atoms with E-state index in [1.807, 2.05) is 78.9 Å². The summed E-state index contributed by atoms with van der Waals surface area (Å²) in [6.45, 7) is 5.81. The predicted octanol–water partition coefficient (Wildman–Crippen LogP) is 8.77. The highest BCUT2D eigenvalue weighted by Crippen LogP contribution is 2.38. The van der Waals surface area contributed by atoms with Gasteiger partial charge in [0.1, 0.15) is 23.1 Å². The number of carbonyl (C=O) groups excluding carboxylic acids is 3. The molecule has 0 radical (unpaired) electrons. The Bertz CT molecular complexity index is 2170. The van der Waals surface area contributed by atoms with E-state index in [9.17, 15) is 14.4 Å². The van der Waals surface area contributed by atoms with E-state index in [0.717, 1.165) is 45.7 Å². The largest absolute Gasteiger partial charge is 0.457 e. The van der Waals surface area contributed by atoms with Crippen LogP contribution in [-0.2, 0) is 16.0 Å². The van der Waals surface area contributed by atoms with Gasteiger partial charge in [0.25, 0.3) is 5.91 Å².